The van der Waals surface area contributed by atoms with Gasteiger partial charge in [-0.05, 0) is 30.5 Å². The van der Waals surface area contributed by atoms with Crippen molar-refractivity contribution in [1.29, 1.82) is 0 Å². The number of rotatable bonds is 4. The van der Waals surface area contributed by atoms with E-state index in [2.05, 4.69) is 5.32 Å². The molecule has 3 N–H and O–H groups in total. The van der Waals surface area contributed by atoms with Crippen molar-refractivity contribution in [3.63, 3.8) is 0 Å². The van der Waals surface area contributed by atoms with E-state index in [9.17, 15) is 9.59 Å². The summed E-state index contributed by atoms with van der Waals surface area (Å²) in [6.07, 6.45) is 4.95. The highest BCUT2D eigenvalue weighted by Crippen LogP contribution is 2.28. The van der Waals surface area contributed by atoms with Gasteiger partial charge in [-0.25, -0.2) is 0 Å². The Labute approximate surface area is 145 Å². The number of hydrogen-bond acceptors (Lipinski definition) is 3. The summed E-state index contributed by atoms with van der Waals surface area (Å²) in [5, 5.41) is 3.44. The number of carbonyl (C=O) groups excluding carboxylic acids is 1. The number of pyridine rings is 1. The van der Waals surface area contributed by atoms with Crippen LogP contribution in [-0.2, 0) is 11.3 Å². The van der Waals surface area contributed by atoms with Crippen LogP contribution in [-0.4, -0.2) is 16.0 Å². The first kappa shape index (κ1) is 16.7. The fourth-order valence-electron chi connectivity index (χ4n) is 3.03. The van der Waals surface area contributed by atoms with Crippen molar-refractivity contribution >= 4 is 23.2 Å². The Balaban J connectivity index is 1.80. The summed E-state index contributed by atoms with van der Waals surface area (Å²) >= 11 is 6.15. The standard InChI is InChI=1S/C18H20ClN3O2/c19-15-6-2-1-5-13(15)11-22-12-14(7-8-16(22)23)21-17(24)18(20)9-3-4-10-18/h1-2,5-8,12H,3-4,9-11,20H2,(H,21,24). The summed E-state index contributed by atoms with van der Waals surface area (Å²) < 4.78 is 1.52. The highest BCUT2D eigenvalue weighted by Gasteiger charge is 2.36. The molecule has 0 atom stereocenters. The molecule has 0 aliphatic heterocycles. The van der Waals surface area contributed by atoms with Crippen LogP contribution in [0.2, 0.25) is 5.02 Å². The van der Waals surface area contributed by atoms with E-state index in [1.165, 1.54) is 10.6 Å². The number of amides is 1. The first-order valence-electron chi connectivity index (χ1n) is 8.02. The second-order valence-electron chi connectivity index (χ2n) is 6.29. The van der Waals surface area contributed by atoms with Crippen molar-refractivity contribution < 1.29 is 4.79 Å². The minimum absolute atomic E-state index is 0.156. The lowest BCUT2D eigenvalue weighted by atomic mass is 9.98. The van der Waals surface area contributed by atoms with Crippen molar-refractivity contribution in [1.82, 2.24) is 4.57 Å². The van der Waals surface area contributed by atoms with Crippen LogP contribution in [0.3, 0.4) is 0 Å². The maximum Gasteiger partial charge on any atom is 0.250 e. The van der Waals surface area contributed by atoms with Gasteiger partial charge in [0.2, 0.25) is 5.91 Å². The number of anilines is 1. The van der Waals surface area contributed by atoms with Crippen molar-refractivity contribution in [2.24, 2.45) is 5.73 Å². The zero-order valence-corrected chi connectivity index (χ0v) is 14.1. The lowest BCUT2D eigenvalue weighted by Crippen LogP contribution is -2.48. The Hall–Kier alpha value is -2.11. The van der Waals surface area contributed by atoms with E-state index in [1.807, 2.05) is 18.2 Å². The summed E-state index contributed by atoms with van der Waals surface area (Å²) in [6.45, 7) is 0.343. The van der Waals surface area contributed by atoms with Crippen molar-refractivity contribution in [3.05, 3.63) is 63.5 Å². The van der Waals surface area contributed by atoms with Gasteiger partial charge in [0.1, 0.15) is 0 Å². The van der Waals surface area contributed by atoms with E-state index in [1.54, 1.807) is 18.3 Å². The predicted octanol–water partition coefficient (Wildman–Crippen LogP) is 2.76. The molecule has 5 nitrogen and oxygen atoms in total. The van der Waals surface area contributed by atoms with Crippen LogP contribution in [0.25, 0.3) is 0 Å². The third-order valence-electron chi connectivity index (χ3n) is 4.49. The van der Waals surface area contributed by atoms with Gasteiger partial charge in [0.15, 0.2) is 0 Å². The molecule has 3 rings (SSSR count). The molecule has 0 saturated heterocycles. The maximum absolute atomic E-state index is 12.4. The monoisotopic (exact) mass is 345 g/mol. The van der Waals surface area contributed by atoms with E-state index < -0.39 is 5.54 Å². The van der Waals surface area contributed by atoms with E-state index in [-0.39, 0.29) is 11.5 Å². The lowest BCUT2D eigenvalue weighted by molar-refractivity contribution is -0.121. The molecule has 1 amide bonds. The summed E-state index contributed by atoms with van der Waals surface area (Å²) in [7, 11) is 0. The van der Waals surface area contributed by atoms with Gasteiger partial charge in [-0.1, -0.05) is 42.6 Å². The van der Waals surface area contributed by atoms with Crippen molar-refractivity contribution in [3.8, 4) is 0 Å². The van der Waals surface area contributed by atoms with Crippen LogP contribution in [0, 0.1) is 0 Å². The Morgan fingerprint density at radius 2 is 1.92 bits per heavy atom. The van der Waals surface area contributed by atoms with Gasteiger partial charge in [-0.3, -0.25) is 9.59 Å². The van der Waals surface area contributed by atoms with Crippen LogP contribution < -0.4 is 16.6 Å². The summed E-state index contributed by atoms with van der Waals surface area (Å²) in [5.74, 6) is -0.192. The quantitative estimate of drug-likeness (QED) is 0.894. The smallest absolute Gasteiger partial charge is 0.250 e. The molecule has 1 aliphatic carbocycles. The number of nitrogens with two attached hydrogens (primary N) is 1. The van der Waals surface area contributed by atoms with Gasteiger partial charge in [-0.2, -0.15) is 0 Å². The Bertz CT molecular complexity index is 810. The molecule has 0 bridgehead atoms. The van der Waals surface area contributed by atoms with Gasteiger partial charge >= 0.3 is 0 Å². The normalized spacial score (nSPS) is 16.1. The fourth-order valence-corrected chi connectivity index (χ4v) is 3.22. The largest absolute Gasteiger partial charge is 0.323 e. The fraction of sp³-hybridized carbons (Fsp3) is 0.333. The topological polar surface area (TPSA) is 77.1 Å². The summed E-state index contributed by atoms with van der Waals surface area (Å²) in [5.41, 5.74) is 6.61. The lowest BCUT2D eigenvalue weighted by Gasteiger charge is -2.22. The molecular weight excluding hydrogens is 326 g/mol. The molecule has 0 unspecified atom stereocenters. The molecule has 1 aromatic heterocycles. The van der Waals surface area contributed by atoms with Crippen molar-refractivity contribution in [2.45, 2.75) is 37.8 Å². The van der Waals surface area contributed by atoms with Gasteiger partial charge < -0.3 is 15.6 Å². The Kier molecular flexibility index (Phi) is 4.73. The van der Waals surface area contributed by atoms with Gasteiger partial charge in [-0.15, -0.1) is 0 Å². The molecule has 0 radical (unpaired) electrons. The average molecular weight is 346 g/mol. The van der Waals surface area contributed by atoms with Crippen LogP contribution in [0.15, 0.2) is 47.4 Å². The van der Waals surface area contributed by atoms with E-state index >= 15 is 0 Å². The van der Waals surface area contributed by atoms with Crippen LogP contribution in [0.5, 0.6) is 0 Å². The zero-order valence-electron chi connectivity index (χ0n) is 13.3. The van der Waals surface area contributed by atoms with E-state index in [0.717, 1.165) is 18.4 Å². The Morgan fingerprint density at radius 3 is 2.62 bits per heavy atom. The molecule has 24 heavy (non-hydrogen) atoms. The number of aromatic nitrogens is 1. The van der Waals surface area contributed by atoms with E-state index in [0.29, 0.717) is 30.1 Å². The highest BCUT2D eigenvalue weighted by atomic mass is 35.5. The van der Waals surface area contributed by atoms with Gasteiger partial charge in [0.25, 0.3) is 5.56 Å². The first-order chi connectivity index (χ1) is 11.5. The molecule has 0 spiro atoms. The zero-order chi connectivity index (χ0) is 17.2. The number of benzene rings is 1. The van der Waals surface area contributed by atoms with Gasteiger partial charge in [0, 0.05) is 17.3 Å². The number of carbonyl (C=O) groups is 1. The average Bonchev–Trinajstić information content (AvgIpc) is 3.01. The third kappa shape index (κ3) is 3.52. The summed E-state index contributed by atoms with van der Waals surface area (Å²) in [4.78, 5) is 24.5. The molecule has 1 aliphatic rings. The minimum atomic E-state index is -0.802. The molecular formula is C18H20ClN3O2. The first-order valence-corrected chi connectivity index (χ1v) is 8.40. The minimum Gasteiger partial charge on any atom is -0.323 e. The van der Waals surface area contributed by atoms with Gasteiger partial charge in [0.05, 0.1) is 17.8 Å². The highest BCUT2D eigenvalue weighted by molar-refractivity contribution is 6.31. The number of hydrogen-bond donors (Lipinski definition) is 2. The van der Waals surface area contributed by atoms with Crippen LogP contribution in [0.1, 0.15) is 31.2 Å². The number of nitrogens with one attached hydrogen (secondary N) is 1. The summed E-state index contributed by atoms with van der Waals surface area (Å²) in [6, 6.07) is 10.4. The number of halogens is 1. The molecule has 1 fully saturated rings. The molecule has 6 heteroatoms. The predicted molar refractivity (Wildman–Crippen MR) is 95.3 cm³/mol. The molecule has 2 aromatic rings. The van der Waals surface area contributed by atoms with Crippen LogP contribution in [0.4, 0.5) is 5.69 Å². The van der Waals surface area contributed by atoms with E-state index in [4.69, 9.17) is 17.3 Å². The second kappa shape index (κ2) is 6.79. The second-order valence-corrected chi connectivity index (χ2v) is 6.70. The Morgan fingerprint density at radius 1 is 1.21 bits per heavy atom. The molecule has 126 valence electrons. The number of nitrogens with zero attached hydrogens (tertiary/aromatic N) is 1. The van der Waals surface area contributed by atoms with Crippen LogP contribution >= 0.6 is 11.6 Å². The SMILES string of the molecule is NC1(C(=O)Nc2ccc(=O)n(Cc3ccccc3Cl)c2)CCCC1. The molecule has 1 aromatic carbocycles. The molecule has 1 heterocycles. The maximum atomic E-state index is 12.4. The third-order valence-corrected chi connectivity index (χ3v) is 4.86. The van der Waals surface area contributed by atoms with Crippen molar-refractivity contribution in [2.75, 3.05) is 5.32 Å². The molecule has 1 saturated carbocycles.